The fourth-order valence-corrected chi connectivity index (χ4v) is 2.51. The molecule has 0 aliphatic heterocycles. The van der Waals surface area contributed by atoms with Crippen LogP contribution in [0.25, 0.3) is 0 Å². The molecule has 2 aromatic rings. The SMILES string of the molecule is Cc1cc(C)c(NC(=O)CN[C@H](C)c2ccco2)c(Cl)c1. The number of rotatable bonds is 5. The Hall–Kier alpha value is -1.78. The average Bonchev–Trinajstić information content (AvgIpc) is 2.94. The van der Waals surface area contributed by atoms with E-state index in [4.69, 9.17) is 16.0 Å². The smallest absolute Gasteiger partial charge is 0.238 e. The van der Waals surface area contributed by atoms with Crippen LogP contribution < -0.4 is 10.6 Å². The molecule has 1 aromatic carbocycles. The number of amides is 1. The number of anilines is 1. The Morgan fingerprint density at radius 3 is 2.76 bits per heavy atom. The predicted molar refractivity (Wildman–Crippen MR) is 84.7 cm³/mol. The molecule has 2 N–H and O–H groups in total. The molecule has 0 spiro atoms. The Morgan fingerprint density at radius 1 is 1.38 bits per heavy atom. The molecule has 1 heterocycles. The molecule has 21 heavy (non-hydrogen) atoms. The van der Waals surface area contributed by atoms with E-state index in [2.05, 4.69) is 10.6 Å². The van der Waals surface area contributed by atoms with Gasteiger partial charge in [-0.15, -0.1) is 0 Å². The summed E-state index contributed by atoms with van der Waals surface area (Å²) in [5, 5.41) is 6.50. The van der Waals surface area contributed by atoms with Gasteiger partial charge >= 0.3 is 0 Å². The predicted octanol–water partition coefficient (Wildman–Crippen LogP) is 3.84. The molecule has 112 valence electrons. The maximum atomic E-state index is 12.0. The first kappa shape index (κ1) is 15.6. The standard InChI is InChI=1S/C16H19ClN2O2/c1-10-7-11(2)16(13(17)8-10)19-15(20)9-18-12(3)14-5-4-6-21-14/h4-8,12,18H,9H2,1-3H3,(H,19,20)/t12-/m1/s1. The lowest BCUT2D eigenvalue weighted by atomic mass is 10.1. The van der Waals surface area contributed by atoms with E-state index in [-0.39, 0.29) is 18.5 Å². The zero-order chi connectivity index (χ0) is 15.4. The number of hydrogen-bond donors (Lipinski definition) is 2. The highest BCUT2D eigenvalue weighted by Crippen LogP contribution is 2.27. The zero-order valence-corrected chi connectivity index (χ0v) is 13.1. The molecule has 0 unspecified atom stereocenters. The molecule has 0 aliphatic carbocycles. The summed E-state index contributed by atoms with van der Waals surface area (Å²) in [6.07, 6.45) is 1.61. The fourth-order valence-electron chi connectivity index (χ4n) is 2.14. The number of hydrogen-bond acceptors (Lipinski definition) is 3. The molecule has 4 nitrogen and oxygen atoms in total. The van der Waals surface area contributed by atoms with Crippen molar-refractivity contribution in [2.75, 3.05) is 11.9 Å². The summed E-state index contributed by atoms with van der Waals surface area (Å²) in [7, 11) is 0. The summed E-state index contributed by atoms with van der Waals surface area (Å²) in [6, 6.07) is 7.49. The summed E-state index contributed by atoms with van der Waals surface area (Å²) in [5.41, 5.74) is 2.69. The van der Waals surface area contributed by atoms with E-state index in [1.807, 2.05) is 45.0 Å². The van der Waals surface area contributed by atoms with Crippen molar-refractivity contribution in [3.8, 4) is 0 Å². The van der Waals surface area contributed by atoms with Crippen LogP contribution >= 0.6 is 11.6 Å². The van der Waals surface area contributed by atoms with Gasteiger partial charge in [-0.25, -0.2) is 0 Å². The van der Waals surface area contributed by atoms with Gasteiger partial charge in [-0.3, -0.25) is 10.1 Å². The Morgan fingerprint density at radius 2 is 2.14 bits per heavy atom. The Bertz CT molecular complexity index is 600. The Kier molecular flexibility index (Phi) is 5.04. The second kappa shape index (κ2) is 6.78. The second-order valence-corrected chi connectivity index (χ2v) is 5.51. The maximum Gasteiger partial charge on any atom is 0.238 e. The minimum Gasteiger partial charge on any atom is -0.468 e. The molecule has 5 heteroatoms. The van der Waals surface area contributed by atoms with Crippen LogP contribution in [0.15, 0.2) is 34.9 Å². The van der Waals surface area contributed by atoms with Crippen LogP contribution in [0.5, 0.6) is 0 Å². The van der Waals surface area contributed by atoms with E-state index < -0.39 is 0 Å². The van der Waals surface area contributed by atoms with Crippen LogP contribution in [-0.2, 0) is 4.79 Å². The summed E-state index contributed by atoms with van der Waals surface area (Å²) in [5.74, 6) is 0.662. The topological polar surface area (TPSA) is 54.3 Å². The number of carbonyl (C=O) groups excluding carboxylic acids is 1. The first-order valence-corrected chi connectivity index (χ1v) is 7.18. The number of nitrogens with one attached hydrogen (secondary N) is 2. The second-order valence-electron chi connectivity index (χ2n) is 5.10. The van der Waals surface area contributed by atoms with E-state index in [1.54, 1.807) is 6.26 Å². The lowest BCUT2D eigenvalue weighted by Crippen LogP contribution is -2.30. The van der Waals surface area contributed by atoms with E-state index >= 15 is 0 Å². The number of furan rings is 1. The van der Waals surface area contributed by atoms with E-state index in [1.165, 1.54) is 0 Å². The number of halogens is 1. The molecule has 1 atom stereocenters. The maximum absolute atomic E-state index is 12.0. The number of aryl methyl sites for hydroxylation is 2. The van der Waals surface area contributed by atoms with Gasteiger partial charge in [-0.05, 0) is 50.1 Å². The quantitative estimate of drug-likeness (QED) is 0.882. The summed E-state index contributed by atoms with van der Waals surface area (Å²) >= 11 is 6.17. The van der Waals surface area contributed by atoms with Gasteiger partial charge in [-0.1, -0.05) is 17.7 Å². The molecule has 0 radical (unpaired) electrons. The number of carbonyl (C=O) groups is 1. The van der Waals surface area contributed by atoms with Gasteiger partial charge < -0.3 is 9.73 Å². The molecule has 0 aliphatic rings. The normalized spacial score (nSPS) is 12.2. The molecule has 0 saturated heterocycles. The Balaban J connectivity index is 1.93. The van der Waals surface area contributed by atoms with Gasteiger partial charge in [0.15, 0.2) is 0 Å². The molecule has 0 saturated carbocycles. The van der Waals surface area contributed by atoms with Gasteiger partial charge in [0.1, 0.15) is 5.76 Å². The largest absolute Gasteiger partial charge is 0.468 e. The highest BCUT2D eigenvalue weighted by molar-refractivity contribution is 6.34. The van der Waals surface area contributed by atoms with Gasteiger partial charge in [-0.2, -0.15) is 0 Å². The van der Waals surface area contributed by atoms with Crippen molar-refractivity contribution in [1.29, 1.82) is 0 Å². The van der Waals surface area contributed by atoms with Crippen LogP contribution in [0.3, 0.4) is 0 Å². The van der Waals surface area contributed by atoms with Crippen molar-refractivity contribution in [1.82, 2.24) is 5.32 Å². The first-order valence-electron chi connectivity index (χ1n) is 6.80. The molecule has 1 aromatic heterocycles. The van der Waals surface area contributed by atoms with Crippen molar-refractivity contribution < 1.29 is 9.21 Å². The van der Waals surface area contributed by atoms with E-state index in [0.717, 1.165) is 16.9 Å². The molecular formula is C16H19ClN2O2. The summed E-state index contributed by atoms with van der Waals surface area (Å²) in [4.78, 5) is 12.0. The lowest BCUT2D eigenvalue weighted by molar-refractivity contribution is -0.115. The van der Waals surface area contributed by atoms with E-state index in [9.17, 15) is 4.79 Å². The average molecular weight is 307 g/mol. The molecule has 0 fully saturated rings. The third kappa shape index (κ3) is 4.09. The van der Waals surface area contributed by atoms with Gasteiger partial charge in [0.05, 0.1) is 29.6 Å². The van der Waals surface area contributed by atoms with Crippen LogP contribution in [0.2, 0.25) is 5.02 Å². The van der Waals surface area contributed by atoms with Crippen LogP contribution in [-0.4, -0.2) is 12.5 Å². The highest BCUT2D eigenvalue weighted by Gasteiger charge is 2.12. The van der Waals surface area contributed by atoms with Crippen LogP contribution in [0.4, 0.5) is 5.69 Å². The third-order valence-corrected chi connectivity index (χ3v) is 3.53. The molecule has 0 bridgehead atoms. The van der Waals surface area contributed by atoms with E-state index in [0.29, 0.717) is 10.7 Å². The highest BCUT2D eigenvalue weighted by atomic mass is 35.5. The van der Waals surface area contributed by atoms with Crippen LogP contribution in [0.1, 0.15) is 29.9 Å². The zero-order valence-electron chi connectivity index (χ0n) is 12.4. The van der Waals surface area contributed by atoms with Gasteiger partial charge in [0, 0.05) is 0 Å². The molecule has 2 rings (SSSR count). The minimum absolute atomic E-state index is 0.0275. The lowest BCUT2D eigenvalue weighted by Gasteiger charge is -2.14. The van der Waals surface area contributed by atoms with Crippen molar-refractivity contribution in [2.45, 2.75) is 26.8 Å². The van der Waals surface area contributed by atoms with Gasteiger partial charge in [0.25, 0.3) is 0 Å². The van der Waals surface area contributed by atoms with Crippen molar-refractivity contribution in [3.63, 3.8) is 0 Å². The minimum atomic E-state index is -0.137. The molecule has 1 amide bonds. The van der Waals surface area contributed by atoms with Gasteiger partial charge in [0.2, 0.25) is 5.91 Å². The third-order valence-electron chi connectivity index (χ3n) is 3.23. The summed E-state index contributed by atoms with van der Waals surface area (Å²) in [6.45, 7) is 6.02. The van der Waals surface area contributed by atoms with Crippen molar-refractivity contribution in [2.24, 2.45) is 0 Å². The fraction of sp³-hybridized carbons (Fsp3) is 0.312. The first-order chi connectivity index (χ1) is 9.97. The molecular weight excluding hydrogens is 288 g/mol. The summed E-state index contributed by atoms with van der Waals surface area (Å²) < 4.78 is 5.28. The monoisotopic (exact) mass is 306 g/mol. The number of benzene rings is 1. The Labute approximate surface area is 129 Å². The van der Waals surface area contributed by atoms with Crippen molar-refractivity contribution >= 4 is 23.2 Å². The van der Waals surface area contributed by atoms with Crippen LogP contribution in [0, 0.1) is 13.8 Å². The van der Waals surface area contributed by atoms with Crippen molar-refractivity contribution in [3.05, 3.63) is 52.4 Å².